The summed E-state index contributed by atoms with van der Waals surface area (Å²) in [6.45, 7) is 0.314. The molecule has 0 spiro atoms. The number of aromatic amines is 1. The Morgan fingerprint density at radius 1 is 1.45 bits per heavy atom. The summed E-state index contributed by atoms with van der Waals surface area (Å²) in [7, 11) is 1.75. The lowest BCUT2D eigenvalue weighted by atomic mass is 9.85. The van der Waals surface area contributed by atoms with Gasteiger partial charge in [0, 0.05) is 11.6 Å². The molecule has 5 nitrogen and oxygen atoms in total. The van der Waals surface area contributed by atoms with E-state index in [-0.39, 0.29) is 18.3 Å². The normalized spacial score (nSPS) is 14.7. The molecule has 3 rings (SSSR count). The predicted molar refractivity (Wildman–Crippen MR) is 82.5 cm³/mol. The van der Waals surface area contributed by atoms with Crippen LogP contribution in [0.25, 0.3) is 11.0 Å². The molecule has 1 amide bonds. The van der Waals surface area contributed by atoms with Crippen molar-refractivity contribution < 1.29 is 4.79 Å². The number of nitrogens with one attached hydrogen (secondary N) is 3. The zero-order valence-corrected chi connectivity index (χ0v) is 12.2. The van der Waals surface area contributed by atoms with E-state index in [0.717, 1.165) is 22.5 Å². The topological polar surface area (TPSA) is 69.8 Å². The van der Waals surface area contributed by atoms with E-state index in [1.807, 2.05) is 18.2 Å². The minimum Gasteiger partial charge on any atom is -0.342 e. The van der Waals surface area contributed by atoms with E-state index >= 15 is 0 Å². The van der Waals surface area contributed by atoms with Crippen LogP contribution in [0.4, 0.5) is 5.69 Å². The highest BCUT2D eigenvalue weighted by Gasteiger charge is 2.22. The van der Waals surface area contributed by atoms with Crippen molar-refractivity contribution >= 4 is 35.0 Å². The summed E-state index contributed by atoms with van der Waals surface area (Å²) in [6.07, 6.45) is 3.75. The van der Waals surface area contributed by atoms with Gasteiger partial charge in [-0.2, -0.15) is 0 Å². The Hall–Kier alpha value is -1.59. The second-order valence-corrected chi connectivity index (χ2v) is 5.06. The van der Waals surface area contributed by atoms with Crippen molar-refractivity contribution in [2.24, 2.45) is 0 Å². The standard InChI is InChI=1S/C14H18N4O.ClH/c1-15-8-13(19)16-10-5-6-11-12(7-10)18-14(17-11)9-3-2-4-9;/h5-7,9,15H,2-4,8H2,1H3,(H,16,19)(H,17,18);1H. The van der Waals surface area contributed by atoms with E-state index in [4.69, 9.17) is 0 Å². The molecule has 1 aromatic carbocycles. The highest BCUT2D eigenvalue weighted by Crippen LogP contribution is 2.35. The monoisotopic (exact) mass is 294 g/mol. The van der Waals surface area contributed by atoms with Gasteiger partial charge in [0.25, 0.3) is 0 Å². The van der Waals surface area contributed by atoms with E-state index < -0.39 is 0 Å². The molecule has 20 heavy (non-hydrogen) atoms. The first-order valence-electron chi connectivity index (χ1n) is 6.70. The van der Waals surface area contributed by atoms with Gasteiger partial charge in [0.05, 0.1) is 17.6 Å². The zero-order valence-electron chi connectivity index (χ0n) is 11.4. The largest absolute Gasteiger partial charge is 0.342 e. The average Bonchev–Trinajstić information content (AvgIpc) is 2.69. The number of aromatic nitrogens is 2. The molecule has 1 fully saturated rings. The summed E-state index contributed by atoms with van der Waals surface area (Å²) in [4.78, 5) is 19.5. The summed E-state index contributed by atoms with van der Waals surface area (Å²) in [5, 5.41) is 5.68. The van der Waals surface area contributed by atoms with Gasteiger partial charge in [0.1, 0.15) is 5.82 Å². The van der Waals surface area contributed by atoms with Crippen molar-refractivity contribution in [1.82, 2.24) is 15.3 Å². The van der Waals surface area contributed by atoms with Gasteiger partial charge in [-0.1, -0.05) is 6.42 Å². The van der Waals surface area contributed by atoms with Crippen LogP contribution in [0.2, 0.25) is 0 Å². The highest BCUT2D eigenvalue weighted by atomic mass is 35.5. The molecule has 0 atom stereocenters. The molecule has 1 heterocycles. The van der Waals surface area contributed by atoms with Gasteiger partial charge >= 0.3 is 0 Å². The Labute approximate surface area is 124 Å². The number of carbonyl (C=O) groups is 1. The first-order valence-corrected chi connectivity index (χ1v) is 6.70. The number of rotatable bonds is 4. The molecule has 1 aliphatic carbocycles. The SMILES string of the molecule is CNCC(=O)Nc1ccc2nc(C3CCC3)[nH]c2c1.Cl. The van der Waals surface area contributed by atoms with Gasteiger partial charge in [0.2, 0.25) is 5.91 Å². The molecule has 0 unspecified atom stereocenters. The number of hydrogen-bond donors (Lipinski definition) is 3. The number of benzene rings is 1. The van der Waals surface area contributed by atoms with Crippen LogP contribution < -0.4 is 10.6 Å². The lowest BCUT2D eigenvalue weighted by Gasteiger charge is -2.22. The predicted octanol–water partition coefficient (Wildman–Crippen LogP) is 2.41. The van der Waals surface area contributed by atoms with Crippen molar-refractivity contribution in [3.63, 3.8) is 0 Å². The number of imidazole rings is 1. The molecule has 2 aromatic rings. The highest BCUT2D eigenvalue weighted by molar-refractivity contribution is 5.94. The van der Waals surface area contributed by atoms with Gasteiger partial charge in [-0.05, 0) is 38.1 Å². The first-order chi connectivity index (χ1) is 9.26. The van der Waals surface area contributed by atoms with Crippen LogP contribution in [0.15, 0.2) is 18.2 Å². The van der Waals surface area contributed by atoms with Crippen LogP contribution >= 0.6 is 12.4 Å². The van der Waals surface area contributed by atoms with Crippen molar-refractivity contribution in [3.05, 3.63) is 24.0 Å². The fraction of sp³-hybridized carbons (Fsp3) is 0.429. The fourth-order valence-electron chi connectivity index (χ4n) is 2.35. The summed E-state index contributed by atoms with van der Waals surface area (Å²) >= 11 is 0. The Morgan fingerprint density at radius 3 is 2.90 bits per heavy atom. The van der Waals surface area contributed by atoms with Crippen molar-refractivity contribution in [3.8, 4) is 0 Å². The van der Waals surface area contributed by atoms with Crippen molar-refractivity contribution in [2.45, 2.75) is 25.2 Å². The molecule has 108 valence electrons. The molecule has 0 saturated heterocycles. The number of carbonyl (C=O) groups excluding carboxylic acids is 1. The summed E-state index contributed by atoms with van der Waals surface area (Å²) < 4.78 is 0. The minimum atomic E-state index is -0.0411. The maximum absolute atomic E-state index is 11.5. The average molecular weight is 295 g/mol. The quantitative estimate of drug-likeness (QED) is 0.811. The van der Waals surface area contributed by atoms with Crippen molar-refractivity contribution in [1.29, 1.82) is 0 Å². The van der Waals surface area contributed by atoms with Crippen LogP contribution in [0, 0.1) is 0 Å². The summed E-state index contributed by atoms with van der Waals surface area (Å²) in [5.41, 5.74) is 2.76. The number of likely N-dealkylation sites (N-methyl/N-ethyl adjacent to an activating group) is 1. The number of amides is 1. The third-order valence-electron chi connectivity index (χ3n) is 3.61. The zero-order chi connectivity index (χ0) is 13.2. The van der Waals surface area contributed by atoms with Crippen LogP contribution in [0.5, 0.6) is 0 Å². The molecule has 6 heteroatoms. The Balaban J connectivity index is 0.00000147. The summed E-state index contributed by atoms with van der Waals surface area (Å²) in [6, 6.07) is 5.78. The van der Waals surface area contributed by atoms with Crippen LogP contribution in [0.3, 0.4) is 0 Å². The number of H-pyrrole nitrogens is 1. The van der Waals surface area contributed by atoms with E-state index in [9.17, 15) is 4.79 Å². The van der Waals surface area contributed by atoms with E-state index in [2.05, 4.69) is 20.6 Å². The van der Waals surface area contributed by atoms with Gasteiger partial charge in [-0.3, -0.25) is 4.79 Å². The molecule has 0 aliphatic heterocycles. The van der Waals surface area contributed by atoms with Gasteiger partial charge in [0.15, 0.2) is 0 Å². The Morgan fingerprint density at radius 2 is 2.25 bits per heavy atom. The number of nitrogens with zero attached hydrogens (tertiary/aromatic N) is 1. The Bertz CT molecular complexity index is 606. The maximum Gasteiger partial charge on any atom is 0.238 e. The van der Waals surface area contributed by atoms with Crippen LogP contribution in [-0.2, 0) is 4.79 Å². The number of fused-ring (bicyclic) bond motifs is 1. The Kier molecular flexibility index (Phi) is 4.62. The lowest BCUT2D eigenvalue weighted by molar-refractivity contribution is -0.115. The second kappa shape index (κ2) is 6.24. The van der Waals surface area contributed by atoms with Crippen LogP contribution in [-0.4, -0.2) is 29.5 Å². The summed E-state index contributed by atoms with van der Waals surface area (Å²) in [5.74, 6) is 1.63. The number of hydrogen-bond acceptors (Lipinski definition) is 3. The fourth-order valence-corrected chi connectivity index (χ4v) is 2.35. The smallest absolute Gasteiger partial charge is 0.238 e. The van der Waals surface area contributed by atoms with E-state index in [1.54, 1.807) is 7.05 Å². The molecule has 1 saturated carbocycles. The van der Waals surface area contributed by atoms with Gasteiger partial charge < -0.3 is 15.6 Å². The number of halogens is 1. The van der Waals surface area contributed by atoms with Crippen molar-refractivity contribution in [2.75, 3.05) is 18.9 Å². The first kappa shape index (κ1) is 14.8. The van der Waals surface area contributed by atoms with Gasteiger partial charge in [-0.25, -0.2) is 4.98 Å². The number of anilines is 1. The molecule has 0 bridgehead atoms. The minimum absolute atomic E-state index is 0. The van der Waals surface area contributed by atoms with Crippen LogP contribution in [0.1, 0.15) is 31.0 Å². The second-order valence-electron chi connectivity index (χ2n) is 5.06. The molecular weight excluding hydrogens is 276 g/mol. The van der Waals surface area contributed by atoms with E-state index in [1.165, 1.54) is 19.3 Å². The van der Waals surface area contributed by atoms with E-state index in [0.29, 0.717) is 12.5 Å². The molecule has 1 aliphatic rings. The molecule has 3 N–H and O–H groups in total. The molecule has 1 aromatic heterocycles. The third kappa shape index (κ3) is 2.94. The third-order valence-corrected chi connectivity index (χ3v) is 3.61. The lowest BCUT2D eigenvalue weighted by Crippen LogP contribution is -2.24. The molecular formula is C14H19ClN4O. The molecule has 0 radical (unpaired) electrons. The maximum atomic E-state index is 11.5. The van der Waals surface area contributed by atoms with Gasteiger partial charge in [-0.15, -0.1) is 12.4 Å².